The Balaban J connectivity index is 0.00000169. The molecule has 2 N–H and O–H groups in total. The Hall–Kier alpha value is -0.560. The predicted octanol–water partition coefficient (Wildman–Crippen LogP) is 1.50. The molecule has 0 bridgehead atoms. The van der Waals surface area contributed by atoms with Gasteiger partial charge in [0.1, 0.15) is 0 Å². The summed E-state index contributed by atoms with van der Waals surface area (Å²) in [7, 11) is 0. The molecule has 2 amide bonds. The molecule has 3 aliphatic rings. The lowest BCUT2D eigenvalue weighted by atomic mass is 9.99. The summed E-state index contributed by atoms with van der Waals surface area (Å²) in [6.07, 6.45) is 6.16. The van der Waals surface area contributed by atoms with Crippen LogP contribution >= 0.6 is 24.8 Å². The van der Waals surface area contributed by atoms with Crippen LogP contribution < -0.4 is 5.73 Å². The van der Waals surface area contributed by atoms with Crippen molar-refractivity contribution in [1.29, 1.82) is 0 Å². The largest absolute Gasteiger partial charge is 0.341 e. The number of amides is 2. The molecule has 3 fully saturated rings. The molecule has 6 nitrogen and oxygen atoms in total. The molecule has 0 spiro atoms. The van der Waals surface area contributed by atoms with Gasteiger partial charge in [-0.05, 0) is 38.5 Å². The van der Waals surface area contributed by atoms with Crippen molar-refractivity contribution in [3.63, 3.8) is 0 Å². The number of halogens is 2. The SMILES string of the molecule is CC(C(=O)N1CCCC1)N1CCN(C(=O)C[C@@H]2CCC[C@H]2N)CC1.Cl.Cl. The normalized spacial score (nSPS) is 27.6. The second-order valence-corrected chi connectivity index (χ2v) is 7.68. The van der Waals surface area contributed by atoms with E-state index in [-0.39, 0.29) is 48.7 Å². The molecule has 26 heavy (non-hydrogen) atoms. The van der Waals surface area contributed by atoms with Crippen LogP contribution in [0.15, 0.2) is 0 Å². The minimum atomic E-state index is -0.0661. The van der Waals surface area contributed by atoms with Gasteiger partial charge in [-0.1, -0.05) is 6.42 Å². The molecule has 3 rings (SSSR count). The van der Waals surface area contributed by atoms with E-state index < -0.39 is 0 Å². The van der Waals surface area contributed by atoms with E-state index in [1.807, 2.05) is 16.7 Å². The molecule has 0 radical (unpaired) electrons. The number of nitrogens with two attached hydrogens (primary N) is 1. The summed E-state index contributed by atoms with van der Waals surface area (Å²) in [6, 6.07) is 0.136. The van der Waals surface area contributed by atoms with Crippen LogP contribution in [-0.2, 0) is 9.59 Å². The topological polar surface area (TPSA) is 69.9 Å². The highest BCUT2D eigenvalue weighted by atomic mass is 35.5. The summed E-state index contributed by atoms with van der Waals surface area (Å²) in [4.78, 5) is 31.2. The van der Waals surface area contributed by atoms with Gasteiger partial charge in [-0.3, -0.25) is 14.5 Å². The standard InChI is InChI=1S/C18H32N4O2.2ClH/c1-14(18(24)22-7-2-3-8-22)20-9-11-21(12-10-20)17(23)13-15-5-4-6-16(15)19;;/h14-16H,2-13,19H2,1H3;2*1H/t14?,15-,16+;;/m0../s1. The van der Waals surface area contributed by atoms with Gasteiger partial charge in [0.25, 0.3) is 0 Å². The van der Waals surface area contributed by atoms with Gasteiger partial charge in [0.15, 0.2) is 0 Å². The quantitative estimate of drug-likeness (QED) is 0.764. The van der Waals surface area contributed by atoms with Crippen molar-refractivity contribution in [2.45, 2.75) is 57.5 Å². The monoisotopic (exact) mass is 408 g/mol. The molecule has 2 heterocycles. The Morgan fingerprint density at radius 2 is 1.54 bits per heavy atom. The van der Waals surface area contributed by atoms with Crippen LogP contribution in [0.5, 0.6) is 0 Å². The number of likely N-dealkylation sites (tertiary alicyclic amines) is 1. The average molecular weight is 409 g/mol. The zero-order chi connectivity index (χ0) is 17.1. The van der Waals surface area contributed by atoms with Crippen molar-refractivity contribution in [3.05, 3.63) is 0 Å². The fourth-order valence-corrected chi connectivity index (χ4v) is 4.39. The third-order valence-electron chi connectivity index (χ3n) is 6.14. The lowest BCUT2D eigenvalue weighted by Gasteiger charge is -2.38. The highest BCUT2D eigenvalue weighted by Gasteiger charge is 2.32. The summed E-state index contributed by atoms with van der Waals surface area (Å²) in [6.45, 7) is 6.88. The minimum absolute atomic E-state index is 0. The maximum Gasteiger partial charge on any atom is 0.239 e. The zero-order valence-corrected chi connectivity index (χ0v) is 17.4. The van der Waals surface area contributed by atoms with Crippen LogP contribution in [0.4, 0.5) is 0 Å². The molecule has 1 saturated carbocycles. The van der Waals surface area contributed by atoms with E-state index >= 15 is 0 Å². The first-order valence-electron chi connectivity index (χ1n) is 9.62. The molecular weight excluding hydrogens is 375 g/mol. The smallest absolute Gasteiger partial charge is 0.239 e. The Morgan fingerprint density at radius 1 is 0.923 bits per heavy atom. The lowest BCUT2D eigenvalue weighted by molar-refractivity contribution is -0.138. The van der Waals surface area contributed by atoms with Crippen molar-refractivity contribution in [2.75, 3.05) is 39.3 Å². The van der Waals surface area contributed by atoms with Gasteiger partial charge in [0, 0.05) is 51.7 Å². The Kier molecular flexibility index (Phi) is 9.65. The van der Waals surface area contributed by atoms with Crippen molar-refractivity contribution in [3.8, 4) is 0 Å². The minimum Gasteiger partial charge on any atom is -0.341 e. The highest BCUT2D eigenvalue weighted by Crippen LogP contribution is 2.27. The lowest BCUT2D eigenvalue weighted by Crippen LogP contribution is -2.55. The fourth-order valence-electron chi connectivity index (χ4n) is 4.39. The number of nitrogens with zero attached hydrogens (tertiary/aromatic N) is 3. The second-order valence-electron chi connectivity index (χ2n) is 7.68. The van der Waals surface area contributed by atoms with Gasteiger partial charge < -0.3 is 15.5 Å². The molecule has 2 saturated heterocycles. The molecule has 2 aliphatic heterocycles. The van der Waals surface area contributed by atoms with Crippen LogP contribution in [0.1, 0.15) is 45.4 Å². The number of piperazine rings is 1. The molecule has 0 aromatic carbocycles. The predicted molar refractivity (Wildman–Crippen MR) is 108 cm³/mol. The van der Waals surface area contributed by atoms with E-state index in [0.717, 1.165) is 71.4 Å². The Labute approximate surface area is 169 Å². The van der Waals surface area contributed by atoms with Gasteiger partial charge in [0.05, 0.1) is 6.04 Å². The third kappa shape index (κ3) is 5.47. The van der Waals surface area contributed by atoms with Crippen LogP contribution in [0.25, 0.3) is 0 Å². The summed E-state index contributed by atoms with van der Waals surface area (Å²) < 4.78 is 0. The fraction of sp³-hybridized carbons (Fsp3) is 0.889. The Morgan fingerprint density at radius 3 is 2.08 bits per heavy atom. The molecular formula is C18H34Cl2N4O2. The zero-order valence-electron chi connectivity index (χ0n) is 15.8. The first-order chi connectivity index (χ1) is 11.6. The van der Waals surface area contributed by atoms with Gasteiger partial charge >= 0.3 is 0 Å². The molecule has 152 valence electrons. The summed E-state index contributed by atoms with van der Waals surface area (Å²) in [5.41, 5.74) is 6.09. The van der Waals surface area contributed by atoms with E-state index in [1.54, 1.807) is 0 Å². The van der Waals surface area contributed by atoms with Crippen molar-refractivity contribution >= 4 is 36.6 Å². The molecule has 3 atom stereocenters. The molecule has 1 unspecified atom stereocenters. The van der Waals surface area contributed by atoms with Crippen molar-refractivity contribution in [2.24, 2.45) is 11.7 Å². The average Bonchev–Trinajstić information content (AvgIpc) is 3.26. The summed E-state index contributed by atoms with van der Waals surface area (Å²) in [5, 5.41) is 0. The first-order valence-corrected chi connectivity index (χ1v) is 9.62. The number of rotatable bonds is 4. The van der Waals surface area contributed by atoms with Crippen LogP contribution in [0.2, 0.25) is 0 Å². The van der Waals surface area contributed by atoms with Gasteiger partial charge in [-0.25, -0.2) is 0 Å². The van der Waals surface area contributed by atoms with Gasteiger partial charge in [-0.2, -0.15) is 0 Å². The van der Waals surface area contributed by atoms with Crippen molar-refractivity contribution in [1.82, 2.24) is 14.7 Å². The van der Waals surface area contributed by atoms with E-state index in [4.69, 9.17) is 5.73 Å². The van der Waals surface area contributed by atoms with Crippen LogP contribution in [0, 0.1) is 5.92 Å². The van der Waals surface area contributed by atoms with Gasteiger partial charge in [-0.15, -0.1) is 24.8 Å². The van der Waals surface area contributed by atoms with Crippen molar-refractivity contribution < 1.29 is 9.59 Å². The van der Waals surface area contributed by atoms with Crippen LogP contribution in [0.3, 0.4) is 0 Å². The Bertz CT molecular complexity index is 466. The van der Waals surface area contributed by atoms with E-state index in [1.165, 1.54) is 0 Å². The van der Waals surface area contributed by atoms with E-state index in [9.17, 15) is 9.59 Å². The second kappa shape index (κ2) is 10.7. The number of carbonyl (C=O) groups is 2. The molecule has 0 aromatic rings. The first kappa shape index (κ1) is 23.5. The molecule has 0 aromatic heterocycles. The van der Waals surface area contributed by atoms with E-state index in [2.05, 4.69) is 4.90 Å². The summed E-state index contributed by atoms with van der Waals surface area (Å²) in [5.74, 6) is 0.867. The number of hydrogen-bond acceptors (Lipinski definition) is 4. The maximum absolute atomic E-state index is 12.5. The van der Waals surface area contributed by atoms with Crippen LogP contribution in [-0.4, -0.2) is 77.9 Å². The number of hydrogen-bond donors (Lipinski definition) is 1. The van der Waals surface area contributed by atoms with E-state index in [0.29, 0.717) is 12.3 Å². The summed E-state index contributed by atoms with van der Waals surface area (Å²) >= 11 is 0. The maximum atomic E-state index is 12.5. The third-order valence-corrected chi connectivity index (χ3v) is 6.14. The molecule has 8 heteroatoms. The van der Waals surface area contributed by atoms with Gasteiger partial charge in [0.2, 0.25) is 11.8 Å². The highest BCUT2D eigenvalue weighted by molar-refractivity contribution is 5.85. The molecule has 1 aliphatic carbocycles. The number of carbonyl (C=O) groups excluding carboxylic acids is 2.